The number of halogens is 1. The van der Waals surface area contributed by atoms with Gasteiger partial charge in [0.05, 0.1) is 16.3 Å². The quantitative estimate of drug-likeness (QED) is 0.377. The molecule has 1 aliphatic heterocycles. The molecular formula is C16H10ClN3O4. The minimum atomic E-state index is -0.630. The summed E-state index contributed by atoms with van der Waals surface area (Å²) in [7, 11) is 0. The second-order valence-electron chi connectivity index (χ2n) is 4.90. The number of amides is 1. The van der Waals surface area contributed by atoms with Crippen LogP contribution in [0.15, 0.2) is 59.4 Å². The number of non-ortho nitro benzene ring substituents is 1. The van der Waals surface area contributed by atoms with E-state index in [1.165, 1.54) is 18.2 Å². The van der Waals surface area contributed by atoms with Crippen LogP contribution in [0.2, 0.25) is 5.02 Å². The number of nitro benzene ring substituents is 1. The highest BCUT2D eigenvalue weighted by Gasteiger charge is 2.24. The Morgan fingerprint density at radius 3 is 2.62 bits per heavy atom. The van der Waals surface area contributed by atoms with Gasteiger partial charge in [-0.25, -0.2) is 4.99 Å². The fraction of sp³-hybridized carbons (Fsp3) is 0. The highest BCUT2D eigenvalue weighted by Crippen LogP contribution is 2.30. The van der Waals surface area contributed by atoms with Gasteiger partial charge in [-0.3, -0.25) is 14.9 Å². The molecule has 7 nitrogen and oxygen atoms in total. The third-order valence-corrected chi connectivity index (χ3v) is 3.76. The summed E-state index contributed by atoms with van der Waals surface area (Å²) in [5.74, 6) is -0.630. The van der Waals surface area contributed by atoms with Crippen molar-refractivity contribution in [3.8, 4) is 0 Å². The number of aliphatic hydroxyl groups is 1. The molecule has 0 aromatic heterocycles. The van der Waals surface area contributed by atoms with E-state index in [4.69, 9.17) is 11.6 Å². The third kappa shape index (κ3) is 2.72. The number of nitro groups is 1. The Balaban J connectivity index is 2.32. The number of carbonyl (C=O) groups excluding carboxylic acids is 1. The predicted octanol–water partition coefficient (Wildman–Crippen LogP) is 3.44. The summed E-state index contributed by atoms with van der Waals surface area (Å²) in [5, 5.41) is 23.3. The Morgan fingerprint density at radius 2 is 1.96 bits per heavy atom. The molecule has 0 radical (unpaired) electrons. The molecule has 0 bridgehead atoms. The van der Waals surface area contributed by atoms with Crippen molar-refractivity contribution in [3.63, 3.8) is 0 Å². The van der Waals surface area contributed by atoms with Crippen LogP contribution in [0.4, 0.5) is 11.4 Å². The van der Waals surface area contributed by atoms with Crippen molar-refractivity contribution in [2.24, 2.45) is 4.99 Å². The molecule has 0 fully saturated rings. The first-order valence-corrected chi connectivity index (χ1v) is 7.17. The van der Waals surface area contributed by atoms with Crippen LogP contribution in [-0.2, 0) is 4.79 Å². The number of rotatable bonds is 2. The number of fused-ring (bicyclic) bond motifs is 1. The monoisotopic (exact) mass is 343 g/mol. The molecule has 120 valence electrons. The molecule has 24 heavy (non-hydrogen) atoms. The van der Waals surface area contributed by atoms with E-state index in [1.807, 2.05) is 0 Å². The van der Waals surface area contributed by atoms with Crippen molar-refractivity contribution in [1.29, 1.82) is 0 Å². The van der Waals surface area contributed by atoms with E-state index in [-0.39, 0.29) is 17.1 Å². The first-order chi connectivity index (χ1) is 11.5. The first-order valence-electron chi connectivity index (χ1n) is 6.79. The zero-order valence-corrected chi connectivity index (χ0v) is 12.8. The van der Waals surface area contributed by atoms with Crippen molar-refractivity contribution in [2.75, 3.05) is 5.32 Å². The molecule has 0 saturated carbocycles. The number of benzodiazepines with no additional fused rings is 1. The van der Waals surface area contributed by atoms with Crippen molar-refractivity contribution in [2.45, 2.75) is 0 Å². The normalized spacial score (nSPS) is 15.3. The number of aliphatic hydroxyl groups excluding tert-OH is 1. The minimum Gasteiger partial charge on any atom is -0.513 e. The summed E-state index contributed by atoms with van der Waals surface area (Å²) in [6.07, 6.45) is 0.576. The fourth-order valence-electron chi connectivity index (χ4n) is 2.31. The molecule has 0 saturated heterocycles. The number of aliphatic imine (C=N–C) groups is 1. The molecule has 8 heteroatoms. The van der Waals surface area contributed by atoms with E-state index in [0.29, 0.717) is 28.1 Å². The molecule has 0 aliphatic carbocycles. The maximum absolute atomic E-state index is 12.1. The van der Waals surface area contributed by atoms with Gasteiger partial charge in [-0.05, 0) is 12.1 Å². The van der Waals surface area contributed by atoms with Crippen LogP contribution in [-0.4, -0.2) is 21.6 Å². The van der Waals surface area contributed by atoms with Crippen LogP contribution >= 0.6 is 11.6 Å². The average molecular weight is 344 g/mol. The van der Waals surface area contributed by atoms with E-state index in [1.54, 1.807) is 24.3 Å². The number of nitrogens with zero attached hydrogens (tertiary/aromatic N) is 2. The Hall–Kier alpha value is -3.19. The van der Waals surface area contributed by atoms with Gasteiger partial charge in [0.25, 0.3) is 11.6 Å². The second-order valence-corrected chi connectivity index (χ2v) is 5.30. The van der Waals surface area contributed by atoms with Crippen molar-refractivity contribution >= 4 is 34.6 Å². The molecule has 2 aromatic carbocycles. The molecule has 0 spiro atoms. The minimum absolute atomic E-state index is 0.154. The van der Waals surface area contributed by atoms with Gasteiger partial charge in [0.1, 0.15) is 6.26 Å². The lowest BCUT2D eigenvalue weighted by molar-refractivity contribution is -0.384. The van der Waals surface area contributed by atoms with Gasteiger partial charge < -0.3 is 10.4 Å². The molecule has 2 aromatic rings. The van der Waals surface area contributed by atoms with Gasteiger partial charge >= 0.3 is 0 Å². The van der Waals surface area contributed by atoms with E-state index >= 15 is 0 Å². The summed E-state index contributed by atoms with van der Waals surface area (Å²) in [6, 6.07) is 10.8. The Labute approximate surface area is 141 Å². The summed E-state index contributed by atoms with van der Waals surface area (Å²) in [6.45, 7) is 0. The summed E-state index contributed by atoms with van der Waals surface area (Å²) in [4.78, 5) is 26.8. The lowest BCUT2D eigenvalue weighted by atomic mass is 10.00. The lowest BCUT2D eigenvalue weighted by Crippen LogP contribution is -2.12. The van der Waals surface area contributed by atoms with E-state index < -0.39 is 10.8 Å². The molecule has 1 aliphatic rings. The van der Waals surface area contributed by atoms with Crippen LogP contribution < -0.4 is 5.32 Å². The lowest BCUT2D eigenvalue weighted by Gasteiger charge is -2.10. The Bertz CT molecular complexity index is 921. The SMILES string of the molecule is O=C1Nc2ccc([N+](=O)[O-])cc2C(c2ccccc2Cl)=NC1=CO. The van der Waals surface area contributed by atoms with Gasteiger partial charge in [-0.1, -0.05) is 29.8 Å². The molecular weight excluding hydrogens is 334 g/mol. The number of hydrogen-bond donors (Lipinski definition) is 2. The number of nitrogens with one attached hydrogen (secondary N) is 1. The van der Waals surface area contributed by atoms with Crippen LogP contribution in [0.25, 0.3) is 0 Å². The Morgan fingerprint density at radius 1 is 1.21 bits per heavy atom. The van der Waals surface area contributed by atoms with Crippen LogP contribution in [0, 0.1) is 10.1 Å². The van der Waals surface area contributed by atoms with E-state index in [2.05, 4.69) is 10.3 Å². The molecule has 2 N–H and O–H groups in total. The third-order valence-electron chi connectivity index (χ3n) is 3.43. The summed E-state index contributed by atoms with van der Waals surface area (Å²) in [5.41, 5.74) is 1.02. The predicted molar refractivity (Wildman–Crippen MR) is 89.5 cm³/mol. The van der Waals surface area contributed by atoms with Gasteiger partial charge in [0.2, 0.25) is 0 Å². The van der Waals surface area contributed by atoms with Crippen LogP contribution in [0.3, 0.4) is 0 Å². The van der Waals surface area contributed by atoms with Crippen molar-refractivity contribution < 1.29 is 14.8 Å². The number of carbonyl (C=O) groups is 1. The van der Waals surface area contributed by atoms with Gasteiger partial charge in [-0.15, -0.1) is 0 Å². The molecule has 0 atom stereocenters. The van der Waals surface area contributed by atoms with Crippen molar-refractivity contribution in [3.05, 3.63) is 80.7 Å². The smallest absolute Gasteiger partial charge is 0.277 e. The zero-order valence-electron chi connectivity index (χ0n) is 12.1. The van der Waals surface area contributed by atoms with E-state index in [9.17, 15) is 20.0 Å². The van der Waals surface area contributed by atoms with Gasteiger partial charge in [-0.2, -0.15) is 0 Å². The number of hydrogen-bond acceptors (Lipinski definition) is 5. The molecule has 0 unspecified atom stereocenters. The highest BCUT2D eigenvalue weighted by atomic mass is 35.5. The maximum Gasteiger partial charge on any atom is 0.277 e. The van der Waals surface area contributed by atoms with Crippen LogP contribution in [0.1, 0.15) is 11.1 Å². The zero-order chi connectivity index (χ0) is 17.3. The van der Waals surface area contributed by atoms with Crippen molar-refractivity contribution in [1.82, 2.24) is 0 Å². The first kappa shape index (κ1) is 15.7. The number of benzene rings is 2. The largest absolute Gasteiger partial charge is 0.513 e. The summed E-state index contributed by atoms with van der Waals surface area (Å²) < 4.78 is 0. The molecule has 1 heterocycles. The average Bonchev–Trinajstić information content (AvgIpc) is 2.70. The van der Waals surface area contributed by atoms with Gasteiger partial charge in [0, 0.05) is 28.3 Å². The Kier molecular flexibility index (Phi) is 4.01. The summed E-state index contributed by atoms with van der Waals surface area (Å²) >= 11 is 6.20. The standard InChI is InChI=1S/C16H10ClN3O4/c17-12-4-2-1-3-10(12)15-11-7-9(20(23)24)5-6-13(11)19-16(22)14(8-21)18-15/h1-8,21H,(H,19,22). The van der Waals surface area contributed by atoms with E-state index in [0.717, 1.165) is 0 Å². The molecule has 1 amide bonds. The fourth-order valence-corrected chi connectivity index (χ4v) is 2.54. The topological polar surface area (TPSA) is 105 Å². The number of anilines is 1. The van der Waals surface area contributed by atoms with Crippen LogP contribution in [0.5, 0.6) is 0 Å². The maximum atomic E-state index is 12.1. The second kappa shape index (κ2) is 6.13. The molecule has 3 rings (SSSR count). The van der Waals surface area contributed by atoms with Gasteiger partial charge in [0.15, 0.2) is 5.70 Å². The highest BCUT2D eigenvalue weighted by molar-refractivity contribution is 6.36.